The van der Waals surface area contributed by atoms with Crippen LogP contribution in [0, 0.1) is 0 Å². The molecule has 3 rings (SSSR count). The molecule has 2 aromatic heterocycles. The fraction of sp³-hybridized carbons (Fsp3) is 0.118. The van der Waals surface area contributed by atoms with Gasteiger partial charge in [-0.15, -0.1) is 0 Å². The van der Waals surface area contributed by atoms with Crippen LogP contribution in [0.1, 0.15) is 17.3 Å². The zero-order valence-electron chi connectivity index (χ0n) is 12.6. The maximum absolute atomic E-state index is 12.7. The van der Waals surface area contributed by atoms with Crippen LogP contribution in [0.3, 0.4) is 0 Å². The fourth-order valence-electron chi connectivity index (χ4n) is 2.28. The maximum atomic E-state index is 12.7. The average Bonchev–Trinajstić information content (AvgIpc) is 3.07. The highest BCUT2D eigenvalue weighted by Crippen LogP contribution is 2.17. The molecule has 0 aliphatic heterocycles. The predicted octanol–water partition coefficient (Wildman–Crippen LogP) is 3.70. The number of hydrogen-bond acceptors (Lipinski definition) is 3. The van der Waals surface area contributed by atoms with Crippen molar-refractivity contribution in [2.45, 2.75) is 6.92 Å². The second-order valence-electron chi connectivity index (χ2n) is 4.91. The van der Waals surface area contributed by atoms with Crippen molar-refractivity contribution in [1.29, 1.82) is 0 Å². The number of anilines is 1. The molecule has 0 spiro atoms. The largest absolute Gasteiger partial charge is 0.307 e. The Balaban J connectivity index is 1.87. The molecule has 0 saturated heterocycles. The lowest BCUT2D eigenvalue weighted by Crippen LogP contribution is -2.30. The first-order chi connectivity index (χ1) is 11.2. The number of benzene rings is 1. The van der Waals surface area contributed by atoms with Crippen molar-refractivity contribution in [3.63, 3.8) is 0 Å². The zero-order chi connectivity index (χ0) is 16.2. The Hall–Kier alpha value is -2.47. The molecular formula is C17H15BrN4O. The van der Waals surface area contributed by atoms with Crippen LogP contribution in [0.4, 0.5) is 5.69 Å². The van der Waals surface area contributed by atoms with E-state index in [1.54, 1.807) is 34.4 Å². The van der Waals surface area contributed by atoms with Gasteiger partial charge in [0.25, 0.3) is 5.91 Å². The predicted molar refractivity (Wildman–Crippen MR) is 92.9 cm³/mol. The Morgan fingerprint density at radius 3 is 2.65 bits per heavy atom. The minimum absolute atomic E-state index is 0.0936. The first-order valence-corrected chi connectivity index (χ1v) is 8.01. The summed E-state index contributed by atoms with van der Waals surface area (Å²) in [4.78, 5) is 18.5. The topological polar surface area (TPSA) is 51.0 Å². The standard InChI is InChI=1S/C17H15BrN4O/c1-2-21(16-4-3-9-19-11-16)17(23)13-10-20-22(12-13)15-7-5-14(18)6-8-15/h3-12H,2H2,1H3. The third-order valence-corrected chi connectivity index (χ3v) is 3.97. The van der Waals surface area contributed by atoms with E-state index < -0.39 is 0 Å². The van der Waals surface area contributed by atoms with E-state index in [0.717, 1.165) is 15.8 Å². The van der Waals surface area contributed by atoms with Crippen LogP contribution in [0.15, 0.2) is 65.7 Å². The summed E-state index contributed by atoms with van der Waals surface area (Å²) in [6.07, 6.45) is 6.70. The maximum Gasteiger partial charge on any atom is 0.261 e. The quantitative estimate of drug-likeness (QED) is 0.703. The summed E-state index contributed by atoms with van der Waals surface area (Å²) >= 11 is 3.40. The van der Waals surface area contributed by atoms with Gasteiger partial charge in [0, 0.05) is 23.4 Å². The molecule has 6 heteroatoms. The van der Waals surface area contributed by atoms with Crippen LogP contribution >= 0.6 is 15.9 Å². The SMILES string of the molecule is CCN(C(=O)c1cnn(-c2ccc(Br)cc2)c1)c1cccnc1. The molecule has 0 atom stereocenters. The van der Waals surface area contributed by atoms with Gasteiger partial charge < -0.3 is 4.90 Å². The van der Waals surface area contributed by atoms with Crippen molar-refractivity contribution in [2.75, 3.05) is 11.4 Å². The van der Waals surface area contributed by atoms with Gasteiger partial charge in [0.2, 0.25) is 0 Å². The lowest BCUT2D eigenvalue weighted by atomic mass is 10.2. The molecular weight excluding hydrogens is 356 g/mol. The third kappa shape index (κ3) is 3.32. The van der Waals surface area contributed by atoms with Crippen LogP contribution in [0.25, 0.3) is 5.69 Å². The van der Waals surface area contributed by atoms with E-state index in [0.29, 0.717) is 12.1 Å². The molecule has 0 aliphatic carbocycles. The summed E-state index contributed by atoms with van der Waals surface area (Å²) in [5.74, 6) is -0.0936. The number of aromatic nitrogens is 3. The summed E-state index contributed by atoms with van der Waals surface area (Å²) in [6, 6.07) is 11.4. The molecule has 0 bridgehead atoms. The van der Waals surface area contributed by atoms with Crippen LogP contribution in [-0.4, -0.2) is 27.2 Å². The van der Waals surface area contributed by atoms with Gasteiger partial charge in [0.05, 0.1) is 29.3 Å². The second kappa shape index (κ2) is 6.75. The van der Waals surface area contributed by atoms with Crippen molar-refractivity contribution < 1.29 is 4.79 Å². The molecule has 23 heavy (non-hydrogen) atoms. The highest BCUT2D eigenvalue weighted by molar-refractivity contribution is 9.10. The van der Waals surface area contributed by atoms with Crippen molar-refractivity contribution in [1.82, 2.24) is 14.8 Å². The summed E-state index contributed by atoms with van der Waals surface area (Å²) in [5, 5.41) is 4.29. The van der Waals surface area contributed by atoms with Crippen LogP contribution < -0.4 is 4.90 Å². The van der Waals surface area contributed by atoms with Crippen LogP contribution in [0.5, 0.6) is 0 Å². The van der Waals surface area contributed by atoms with Crippen molar-refractivity contribution in [3.05, 3.63) is 71.2 Å². The average molecular weight is 371 g/mol. The summed E-state index contributed by atoms with van der Waals surface area (Å²) in [7, 11) is 0. The van der Waals surface area contributed by atoms with Gasteiger partial charge in [0.15, 0.2) is 0 Å². The van der Waals surface area contributed by atoms with Gasteiger partial charge in [-0.05, 0) is 43.3 Å². The molecule has 2 heterocycles. The number of amides is 1. The van der Waals surface area contributed by atoms with Crippen molar-refractivity contribution in [3.8, 4) is 5.69 Å². The Labute approximate surface area is 142 Å². The Bertz CT molecular complexity index is 799. The molecule has 1 aromatic carbocycles. The Morgan fingerprint density at radius 1 is 1.22 bits per heavy atom. The van der Waals surface area contributed by atoms with Gasteiger partial charge in [-0.25, -0.2) is 4.68 Å². The molecule has 0 aliphatic rings. The van der Waals surface area contributed by atoms with Crippen LogP contribution in [-0.2, 0) is 0 Å². The molecule has 1 amide bonds. The number of hydrogen-bond donors (Lipinski definition) is 0. The summed E-state index contributed by atoms with van der Waals surface area (Å²) in [6.45, 7) is 2.50. The smallest absolute Gasteiger partial charge is 0.261 e. The Kier molecular flexibility index (Phi) is 4.52. The van der Waals surface area contributed by atoms with Crippen molar-refractivity contribution >= 4 is 27.5 Å². The van der Waals surface area contributed by atoms with E-state index >= 15 is 0 Å². The van der Waals surface area contributed by atoms with Gasteiger partial charge >= 0.3 is 0 Å². The minimum Gasteiger partial charge on any atom is -0.307 e. The second-order valence-corrected chi connectivity index (χ2v) is 5.83. The molecule has 5 nitrogen and oxygen atoms in total. The molecule has 0 fully saturated rings. The van der Waals surface area contributed by atoms with E-state index in [2.05, 4.69) is 26.0 Å². The van der Waals surface area contributed by atoms with Gasteiger partial charge in [0.1, 0.15) is 0 Å². The molecule has 3 aromatic rings. The van der Waals surface area contributed by atoms with E-state index in [9.17, 15) is 4.79 Å². The molecule has 0 radical (unpaired) electrons. The number of rotatable bonds is 4. The number of halogens is 1. The molecule has 0 saturated carbocycles. The van der Waals surface area contributed by atoms with Gasteiger partial charge in [-0.3, -0.25) is 9.78 Å². The van der Waals surface area contributed by atoms with Crippen molar-refractivity contribution in [2.24, 2.45) is 0 Å². The van der Waals surface area contributed by atoms with E-state index in [4.69, 9.17) is 0 Å². The lowest BCUT2D eigenvalue weighted by molar-refractivity contribution is 0.0988. The highest BCUT2D eigenvalue weighted by atomic mass is 79.9. The lowest BCUT2D eigenvalue weighted by Gasteiger charge is -2.19. The highest BCUT2D eigenvalue weighted by Gasteiger charge is 2.18. The van der Waals surface area contributed by atoms with Gasteiger partial charge in [-0.1, -0.05) is 15.9 Å². The van der Waals surface area contributed by atoms with Crippen LogP contribution in [0.2, 0.25) is 0 Å². The van der Waals surface area contributed by atoms with E-state index in [-0.39, 0.29) is 5.91 Å². The summed E-state index contributed by atoms with van der Waals surface area (Å²) < 4.78 is 2.69. The number of nitrogens with zero attached hydrogens (tertiary/aromatic N) is 4. The fourth-order valence-corrected chi connectivity index (χ4v) is 2.55. The summed E-state index contributed by atoms with van der Waals surface area (Å²) in [5.41, 5.74) is 2.21. The molecule has 0 N–H and O–H groups in total. The molecule has 116 valence electrons. The normalized spacial score (nSPS) is 10.5. The first-order valence-electron chi connectivity index (χ1n) is 7.21. The molecule has 0 unspecified atom stereocenters. The monoisotopic (exact) mass is 370 g/mol. The first kappa shape index (κ1) is 15.4. The third-order valence-electron chi connectivity index (χ3n) is 3.44. The minimum atomic E-state index is -0.0936. The number of carbonyl (C=O) groups excluding carboxylic acids is 1. The van der Waals surface area contributed by atoms with E-state index in [1.165, 1.54) is 0 Å². The van der Waals surface area contributed by atoms with Gasteiger partial charge in [-0.2, -0.15) is 5.10 Å². The number of pyridine rings is 1. The van der Waals surface area contributed by atoms with E-state index in [1.807, 2.05) is 43.3 Å². The Morgan fingerprint density at radius 2 is 2.00 bits per heavy atom. The zero-order valence-corrected chi connectivity index (χ0v) is 14.1. The number of carbonyl (C=O) groups is 1.